The Bertz CT molecular complexity index is 918. The van der Waals surface area contributed by atoms with E-state index in [0.29, 0.717) is 23.0 Å². The summed E-state index contributed by atoms with van der Waals surface area (Å²) in [5.41, 5.74) is 2.93. The van der Waals surface area contributed by atoms with Crippen molar-refractivity contribution in [3.63, 3.8) is 0 Å². The normalized spacial score (nSPS) is 15.5. The van der Waals surface area contributed by atoms with Crippen LogP contribution in [0.15, 0.2) is 53.2 Å². The van der Waals surface area contributed by atoms with Gasteiger partial charge in [0.1, 0.15) is 0 Å². The summed E-state index contributed by atoms with van der Waals surface area (Å²) in [7, 11) is 3.12. The van der Waals surface area contributed by atoms with Crippen molar-refractivity contribution in [1.82, 2.24) is 0 Å². The molecule has 0 amide bonds. The number of carbonyl (C=O) groups excluding carboxylic acids is 1. The molecule has 0 radical (unpaired) electrons. The number of hydrogen-bond acceptors (Lipinski definition) is 5. The molecule has 0 bridgehead atoms. The Balaban J connectivity index is 1.94. The molecular weight excluding hydrogens is 342 g/mol. The van der Waals surface area contributed by atoms with Crippen LogP contribution in [0.1, 0.15) is 37.5 Å². The van der Waals surface area contributed by atoms with Crippen LogP contribution >= 0.6 is 0 Å². The molecule has 2 aromatic rings. The molecule has 3 rings (SSSR count). The van der Waals surface area contributed by atoms with Crippen molar-refractivity contribution in [2.75, 3.05) is 14.2 Å². The second-order valence-corrected chi connectivity index (χ2v) is 7.25. The Morgan fingerprint density at radius 2 is 1.70 bits per heavy atom. The topological polar surface area (TPSA) is 57.1 Å². The Morgan fingerprint density at radius 3 is 2.30 bits per heavy atom. The highest BCUT2D eigenvalue weighted by Crippen LogP contribution is 2.33. The molecule has 0 atom stereocenters. The minimum Gasteiger partial charge on any atom is -0.493 e. The average Bonchev–Trinajstić information content (AvgIpc) is 3.01. The average molecular weight is 365 g/mol. The third-order valence-corrected chi connectivity index (χ3v) is 4.34. The molecule has 0 aliphatic carbocycles. The molecule has 5 nitrogen and oxygen atoms in total. The van der Waals surface area contributed by atoms with Gasteiger partial charge >= 0.3 is 5.97 Å². The molecule has 5 heteroatoms. The fourth-order valence-corrected chi connectivity index (χ4v) is 2.82. The van der Waals surface area contributed by atoms with E-state index in [9.17, 15) is 4.79 Å². The van der Waals surface area contributed by atoms with Gasteiger partial charge in [0.15, 0.2) is 17.2 Å². The van der Waals surface area contributed by atoms with Gasteiger partial charge in [0.25, 0.3) is 0 Å². The first kappa shape index (κ1) is 18.7. The van der Waals surface area contributed by atoms with Crippen LogP contribution in [0.2, 0.25) is 0 Å². The first-order valence-electron chi connectivity index (χ1n) is 8.68. The molecule has 1 heterocycles. The predicted molar refractivity (Wildman–Crippen MR) is 105 cm³/mol. The third kappa shape index (κ3) is 3.87. The van der Waals surface area contributed by atoms with Crippen molar-refractivity contribution in [3.8, 4) is 11.5 Å². The van der Waals surface area contributed by atoms with Crippen LogP contribution in [0.4, 0.5) is 0 Å². The maximum absolute atomic E-state index is 12.3. The first-order valence-corrected chi connectivity index (χ1v) is 8.68. The van der Waals surface area contributed by atoms with Crippen molar-refractivity contribution in [1.29, 1.82) is 0 Å². The zero-order chi connectivity index (χ0) is 19.6. The maximum atomic E-state index is 12.3. The minimum absolute atomic E-state index is 0.0562. The lowest BCUT2D eigenvalue weighted by Gasteiger charge is -2.18. The maximum Gasteiger partial charge on any atom is 0.363 e. The van der Waals surface area contributed by atoms with Crippen LogP contribution < -0.4 is 9.47 Å². The summed E-state index contributed by atoms with van der Waals surface area (Å²) in [5.74, 6) is 0.932. The van der Waals surface area contributed by atoms with Crippen LogP contribution in [0, 0.1) is 0 Å². The highest BCUT2D eigenvalue weighted by Gasteiger charge is 2.25. The van der Waals surface area contributed by atoms with Crippen molar-refractivity contribution in [2.24, 2.45) is 4.99 Å². The van der Waals surface area contributed by atoms with E-state index in [1.807, 2.05) is 36.4 Å². The monoisotopic (exact) mass is 365 g/mol. The standard InChI is InChI=1S/C22H23NO4/c1-22(2,3)16-11-9-14(10-12-16)20-23-17(21(24)27-20)13-15-7-6-8-18(25-4)19(15)26-5/h6-13H,1-5H3/b17-13+. The summed E-state index contributed by atoms with van der Waals surface area (Å²) in [6.45, 7) is 6.45. The zero-order valence-corrected chi connectivity index (χ0v) is 16.2. The van der Waals surface area contributed by atoms with Crippen LogP contribution in [-0.4, -0.2) is 26.1 Å². The molecule has 0 unspecified atom stereocenters. The fraction of sp³-hybridized carbons (Fsp3) is 0.273. The quantitative estimate of drug-likeness (QED) is 0.597. The number of ether oxygens (including phenoxy) is 3. The number of aliphatic imine (C=N–C) groups is 1. The SMILES string of the molecule is COc1cccc(/C=C2/N=C(c3ccc(C(C)(C)C)cc3)OC2=O)c1OC. The lowest BCUT2D eigenvalue weighted by atomic mass is 9.87. The number of methoxy groups -OCH3 is 2. The van der Waals surface area contributed by atoms with Crippen molar-refractivity contribution < 1.29 is 19.0 Å². The smallest absolute Gasteiger partial charge is 0.363 e. The Kier molecular flexibility index (Phi) is 5.04. The van der Waals surface area contributed by atoms with Crippen LogP contribution in [0.3, 0.4) is 0 Å². The molecule has 0 N–H and O–H groups in total. The number of cyclic esters (lactones) is 1. The summed E-state index contributed by atoms with van der Waals surface area (Å²) >= 11 is 0. The van der Waals surface area contributed by atoms with E-state index in [1.54, 1.807) is 26.4 Å². The van der Waals surface area contributed by atoms with Gasteiger partial charge in [-0.2, -0.15) is 0 Å². The first-order chi connectivity index (χ1) is 12.8. The molecule has 0 saturated carbocycles. The fourth-order valence-electron chi connectivity index (χ4n) is 2.82. The highest BCUT2D eigenvalue weighted by molar-refractivity contribution is 6.13. The van der Waals surface area contributed by atoms with Crippen LogP contribution in [0.5, 0.6) is 11.5 Å². The Labute approximate surface area is 159 Å². The van der Waals surface area contributed by atoms with Gasteiger partial charge < -0.3 is 14.2 Å². The Morgan fingerprint density at radius 1 is 1.00 bits per heavy atom. The van der Waals surface area contributed by atoms with E-state index in [2.05, 4.69) is 25.8 Å². The summed E-state index contributed by atoms with van der Waals surface area (Å²) in [4.78, 5) is 16.6. The number of hydrogen-bond donors (Lipinski definition) is 0. The molecule has 0 saturated heterocycles. The number of para-hydroxylation sites is 1. The second-order valence-electron chi connectivity index (χ2n) is 7.25. The number of rotatable bonds is 4. The molecule has 0 spiro atoms. The molecule has 140 valence electrons. The second kappa shape index (κ2) is 7.27. The van der Waals surface area contributed by atoms with Gasteiger partial charge in [-0.3, -0.25) is 0 Å². The van der Waals surface area contributed by atoms with Gasteiger partial charge in [-0.15, -0.1) is 0 Å². The van der Waals surface area contributed by atoms with Gasteiger partial charge in [0.05, 0.1) is 14.2 Å². The van der Waals surface area contributed by atoms with E-state index < -0.39 is 5.97 Å². The van der Waals surface area contributed by atoms with Crippen molar-refractivity contribution >= 4 is 17.9 Å². The molecule has 0 aromatic heterocycles. The molecule has 1 aliphatic rings. The number of nitrogens with zero attached hydrogens (tertiary/aromatic N) is 1. The van der Waals surface area contributed by atoms with Gasteiger partial charge in [-0.1, -0.05) is 45.0 Å². The zero-order valence-electron chi connectivity index (χ0n) is 16.2. The van der Waals surface area contributed by atoms with E-state index in [4.69, 9.17) is 14.2 Å². The summed E-state index contributed by atoms with van der Waals surface area (Å²) in [6, 6.07) is 13.3. The summed E-state index contributed by atoms with van der Waals surface area (Å²) in [6.07, 6.45) is 1.64. The van der Waals surface area contributed by atoms with Crippen LogP contribution in [0.25, 0.3) is 6.08 Å². The number of carbonyl (C=O) groups is 1. The third-order valence-electron chi connectivity index (χ3n) is 4.34. The molecule has 1 aliphatic heterocycles. The number of esters is 1. The summed E-state index contributed by atoms with van der Waals surface area (Å²) < 4.78 is 16.0. The molecule has 2 aromatic carbocycles. The lowest BCUT2D eigenvalue weighted by molar-refractivity contribution is -0.129. The van der Waals surface area contributed by atoms with Gasteiger partial charge in [0, 0.05) is 11.1 Å². The summed E-state index contributed by atoms with van der Waals surface area (Å²) in [5, 5.41) is 0. The van der Waals surface area contributed by atoms with Crippen molar-refractivity contribution in [3.05, 3.63) is 64.9 Å². The van der Waals surface area contributed by atoms with Gasteiger partial charge in [0.2, 0.25) is 5.90 Å². The molecular formula is C22H23NO4. The van der Waals surface area contributed by atoms with Gasteiger partial charge in [-0.25, -0.2) is 9.79 Å². The molecule has 0 fully saturated rings. The largest absolute Gasteiger partial charge is 0.493 e. The van der Waals surface area contributed by atoms with Crippen LogP contribution in [-0.2, 0) is 14.9 Å². The van der Waals surface area contributed by atoms with Crippen molar-refractivity contribution in [2.45, 2.75) is 26.2 Å². The van der Waals surface area contributed by atoms with E-state index in [-0.39, 0.29) is 11.1 Å². The van der Waals surface area contributed by atoms with Gasteiger partial charge in [-0.05, 0) is 35.3 Å². The Hall–Kier alpha value is -3.08. The van der Waals surface area contributed by atoms with E-state index in [1.165, 1.54) is 5.56 Å². The highest BCUT2D eigenvalue weighted by atomic mass is 16.6. The predicted octanol–water partition coefficient (Wildman–Crippen LogP) is 4.35. The molecule has 27 heavy (non-hydrogen) atoms. The van der Waals surface area contributed by atoms with E-state index >= 15 is 0 Å². The van der Waals surface area contributed by atoms with E-state index in [0.717, 1.165) is 5.56 Å². The number of benzene rings is 2. The lowest BCUT2D eigenvalue weighted by Crippen LogP contribution is -2.11. The minimum atomic E-state index is -0.491.